The number of carbonyl (C=O) groups is 1. The van der Waals surface area contributed by atoms with Gasteiger partial charge in [0.25, 0.3) is 10.9 Å². The first kappa shape index (κ1) is 17.8. The zero-order chi connectivity index (χ0) is 19.0. The summed E-state index contributed by atoms with van der Waals surface area (Å²) in [5.41, 5.74) is 2.46. The van der Waals surface area contributed by atoms with Crippen LogP contribution in [0.15, 0.2) is 33.9 Å². The summed E-state index contributed by atoms with van der Waals surface area (Å²) in [6.45, 7) is 4.99. The molecule has 2 aromatic rings. The summed E-state index contributed by atoms with van der Waals surface area (Å²) in [7, 11) is 0. The first-order chi connectivity index (χ1) is 13.0. The normalized spacial score (nSPS) is 18.3. The fourth-order valence-corrected chi connectivity index (χ4v) is 4.14. The third-order valence-electron chi connectivity index (χ3n) is 5.78. The summed E-state index contributed by atoms with van der Waals surface area (Å²) in [4.78, 5) is 40.8. The molecule has 0 atom stereocenters. The average Bonchev–Trinajstić information content (AvgIpc) is 3.21. The van der Waals surface area contributed by atoms with Gasteiger partial charge in [-0.15, -0.1) is 0 Å². The van der Waals surface area contributed by atoms with Gasteiger partial charge in [-0.25, -0.2) is 0 Å². The Kier molecular flexibility index (Phi) is 4.72. The Labute approximate surface area is 158 Å². The number of nitrogens with one attached hydrogen (secondary N) is 1. The van der Waals surface area contributed by atoms with Crippen molar-refractivity contribution in [2.75, 3.05) is 41.3 Å². The summed E-state index contributed by atoms with van der Waals surface area (Å²) in [6.07, 6.45) is 3.52. The summed E-state index contributed by atoms with van der Waals surface area (Å²) < 4.78 is 0. The molecule has 1 amide bonds. The topological polar surface area (TPSA) is 69.7 Å². The minimum absolute atomic E-state index is 0.0308. The van der Waals surface area contributed by atoms with Crippen LogP contribution in [-0.4, -0.2) is 32.1 Å². The van der Waals surface area contributed by atoms with E-state index in [1.807, 2.05) is 36.1 Å². The van der Waals surface area contributed by atoms with E-state index in [0.717, 1.165) is 37.2 Å². The molecule has 6 heteroatoms. The molecule has 27 heavy (non-hydrogen) atoms. The van der Waals surface area contributed by atoms with E-state index in [4.69, 9.17) is 0 Å². The van der Waals surface area contributed by atoms with Gasteiger partial charge in [-0.3, -0.25) is 14.4 Å². The van der Waals surface area contributed by atoms with Crippen molar-refractivity contribution in [3.63, 3.8) is 0 Å². The second-order valence-electron chi connectivity index (χ2n) is 7.67. The third kappa shape index (κ3) is 3.36. The maximum absolute atomic E-state index is 12.5. The van der Waals surface area contributed by atoms with Gasteiger partial charge in [0.05, 0.1) is 0 Å². The van der Waals surface area contributed by atoms with Crippen LogP contribution in [0.25, 0.3) is 0 Å². The third-order valence-corrected chi connectivity index (χ3v) is 5.78. The molecule has 2 saturated heterocycles. The number of aryl methyl sites for hydroxylation is 1. The van der Waals surface area contributed by atoms with Gasteiger partial charge >= 0.3 is 0 Å². The van der Waals surface area contributed by atoms with Crippen molar-refractivity contribution in [3.05, 3.63) is 50.3 Å². The molecule has 0 saturated carbocycles. The van der Waals surface area contributed by atoms with Crippen LogP contribution < -0.4 is 26.0 Å². The monoisotopic (exact) mass is 367 g/mol. The largest absolute Gasteiger partial charge is 0.366 e. The molecule has 2 aromatic carbocycles. The minimum atomic E-state index is -0.362. The molecule has 2 heterocycles. The van der Waals surface area contributed by atoms with Crippen LogP contribution in [0.2, 0.25) is 0 Å². The minimum Gasteiger partial charge on any atom is -0.366 e. The lowest BCUT2D eigenvalue weighted by atomic mass is 9.94. The average molecular weight is 367 g/mol. The van der Waals surface area contributed by atoms with Crippen LogP contribution in [0.5, 0.6) is 0 Å². The molecule has 4 rings (SSSR count). The van der Waals surface area contributed by atoms with Crippen LogP contribution in [-0.2, 0) is 4.79 Å². The van der Waals surface area contributed by atoms with Gasteiger partial charge < -0.3 is 15.1 Å². The quantitative estimate of drug-likeness (QED) is 0.838. The molecule has 0 spiro atoms. The maximum atomic E-state index is 12.5. The number of hydrogen-bond acceptors (Lipinski definition) is 5. The highest BCUT2D eigenvalue weighted by Gasteiger charge is 2.34. The number of amides is 1. The van der Waals surface area contributed by atoms with Crippen molar-refractivity contribution in [2.24, 2.45) is 5.92 Å². The highest BCUT2D eigenvalue weighted by atomic mass is 16.2. The molecule has 0 bridgehead atoms. The van der Waals surface area contributed by atoms with Gasteiger partial charge in [-0.1, -0.05) is 17.7 Å². The van der Waals surface area contributed by atoms with E-state index in [9.17, 15) is 14.4 Å². The van der Waals surface area contributed by atoms with Crippen molar-refractivity contribution in [1.82, 2.24) is 0 Å². The standard InChI is InChI=1S/C21H25N3O3/c1-14-4-6-16(7-5-14)22-21(27)15-8-12-24(13-9-15)18-17(19(25)20(18)26)23-10-2-3-11-23/h4-7,15H,2-3,8-13H2,1H3,(H,22,27). The summed E-state index contributed by atoms with van der Waals surface area (Å²) >= 11 is 0. The molecular formula is C21H25N3O3. The fraction of sp³-hybridized carbons (Fsp3) is 0.476. The molecule has 1 N–H and O–H groups in total. The lowest BCUT2D eigenvalue weighted by molar-refractivity contribution is -0.120. The smallest absolute Gasteiger partial charge is 0.253 e. The van der Waals surface area contributed by atoms with Crippen molar-refractivity contribution >= 4 is 23.0 Å². The Hall–Kier alpha value is -2.63. The van der Waals surface area contributed by atoms with Gasteiger partial charge in [0, 0.05) is 37.8 Å². The lowest BCUT2D eigenvalue weighted by Gasteiger charge is -2.35. The van der Waals surface area contributed by atoms with Gasteiger partial charge in [-0.05, 0) is 44.7 Å². The van der Waals surface area contributed by atoms with E-state index in [1.54, 1.807) is 0 Å². The van der Waals surface area contributed by atoms with Crippen LogP contribution in [0.1, 0.15) is 31.2 Å². The first-order valence-electron chi connectivity index (χ1n) is 9.75. The number of rotatable bonds is 4. The van der Waals surface area contributed by atoms with Gasteiger partial charge in [0.1, 0.15) is 11.4 Å². The molecule has 0 unspecified atom stereocenters. The predicted octanol–water partition coefficient (Wildman–Crippen LogP) is 2.05. The van der Waals surface area contributed by atoms with E-state index in [2.05, 4.69) is 10.2 Å². The van der Waals surface area contributed by atoms with Crippen LogP contribution in [0.3, 0.4) is 0 Å². The van der Waals surface area contributed by atoms with Crippen molar-refractivity contribution < 1.29 is 4.79 Å². The Morgan fingerprint density at radius 3 is 1.96 bits per heavy atom. The Morgan fingerprint density at radius 2 is 1.41 bits per heavy atom. The number of piperidine rings is 1. The van der Waals surface area contributed by atoms with Crippen molar-refractivity contribution in [3.8, 4) is 0 Å². The van der Waals surface area contributed by atoms with Gasteiger partial charge in [-0.2, -0.15) is 0 Å². The fourth-order valence-electron chi connectivity index (χ4n) is 4.14. The van der Waals surface area contributed by atoms with Crippen LogP contribution in [0.4, 0.5) is 17.1 Å². The highest BCUT2D eigenvalue weighted by molar-refractivity contribution is 5.92. The summed E-state index contributed by atoms with van der Waals surface area (Å²) in [5.74, 6) is -0.0347. The second-order valence-corrected chi connectivity index (χ2v) is 7.67. The van der Waals surface area contributed by atoms with Gasteiger partial charge in [0.2, 0.25) is 5.91 Å². The zero-order valence-electron chi connectivity index (χ0n) is 15.7. The molecule has 0 aromatic heterocycles. The predicted molar refractivity (Wildman–Crippen MR) is 108 cm³/mol. The van der Waals surface area contributed by atoms with Crippen LogP contribution in [0, 0.1) is 12.8 Å². The zero-order valence-corrected chi connectivity index (χ0v) is 15.7. The number of benzene rings is 1. The van der Waals surface area contributed by atoms with Gasteiger partial charge in [0.15, 0.2) is 0 Å². The molecular weight excluding hydrogens is 342 g/mol. The SMILES string of the molecule is Cc1ccc(NC(=O)C2CCN(c3c(N4CCCC4)c(=O)c3=O)CC2)cc1. The van der Waals surface area contributed by atoms with Crippen molar-refractivity contribution in [2.45, 2.75) is 32.6 Å². The van der Waals surface area contributed by atoms with E-state index >= 15 is 0 Å². The summed E-state index contributed by atoms with van der Waals surface area (Å²) in [5, 5.41) is 2.98. The van der Waals surface area contributed by atoms with E-state index in [-0.39, 0.29) is 22.7 Å². The number of nitrogens with zero attached hydrogens (tertiary/aromatic N) is 2. The van der Waals surface area contributed by atoms with E-state index in [1.165, 1.54) is 0 Å². The Morgan fingerprint density at radius 1 is 0.889 bits per heavy atom. The summed E-state index contributed by atoms with van der Waals surface area (Å²) in [6, 6.07) is 7.77. The molecule has 142 valence electrons. The Bertz CT molecular complexity index is 898. The molecule has 2 aliphatic heterocycles. The second kappa shape index (κ2) is 7.18. The first-order valence-corrected chi connectivity index (χ1v) is 9.75. The van der Waals surface area contributed by atoms with E-state index < -0.39 is 0 Å². The molecule has 0 aliphatic carbocycles. The molecule has 2 fully saturated rings. The Balaban J connectivity index is 1.39. The number of hydrogen-bond donors (Lipinski definition) is 1. The highest BCUT2D eigenvalue weighted by Crippen LogP contribution is 2.31. The molecule has 2 aliphatic rings. The number of carbonyl (C=O) groups excluding carboxylic acids is 1. The number of anilines is 3. The maximum Gasteiger partial charge on any atom is 0.253 e. The molecule has 6 nitrogen and oxygen atoms in total. The van der Waals surface area contributed by atoms with Crippen molar-refractivity contribution in [1.29, 1.82) is 0 Å². The van der Waals surface area contributed by atoms with Crippen LogP contribution >= 0.6 is 0 Å². The van der Waals surface area contributed by atoms with E-state index in [0.29, 0.717) is 37.3 Å². The molecule has 0 radical (unpaired) electrons. The lowest BCUT2D eigenvalue weighted by Crippen LogP contribution is -2.48.